The van der Waals surface area contributed by atoms with Crippen molar-refractivity contribution in [2.75, 3.05) is 46.4 Å². The van der Waals surface area contributed by atoms with Crippen molar-refractivity contribution >= 4 is 40.7 Å². The molecule has 3 aliphatic rings. The zero-order valence-corrected chi connectivity index (χ0v) is 24.0. The van der Waals surface area contributed by atoms with Crippen LogP contribution in [0.2, 0.25) is 5.02 Å². The lowest BCUT2D eigenvalue weighted by molar-refractivity contribution is -0.148. The van der Waals surface area contributed by atoms with Crippen molar-refractivity contribution in [2.45, 2.75) is 32.0 Å². The van der Waals surface area contributed by atoms with Gasteiger partial charge in [-0.1, -0.05) is 17.7 Å². The number of aliphatic imine (C=N–C) groups is 1. The van der Waals surface area contributed by atoms with Crippen LogP contribution in [0.5, 0.6) is 0 Å². The molecular weight excluding hydrogens is 561 g/mol. The van der Waals surface area contributed by atoms with Crippen molar-refractivity contribution in [2.24, 2.45) is 10.4 Å². The Kier molecular flexibility index (Phi) is 8.25. The van der Waals surface area contributed by atoms with Gasteiger partial charge < -0.3 is 19.9 Å². The third-order valence-electron chi connectivity index (χ3n) is 7.47. The van der Waals surface area contributed by atoms with Crippen LogP contribution in [0.4, 0.5) is 4.39 Å². The average Bonchev–Trinajstić information content (AvgIpc) is 3.58. The van der Waals surface area contributed by atoms with Crippen LogP contribution in [0.3, 0.4) is 0 Å². The summed E-state index contributed by atoms with van der Waals surface area (Å²) in [5.41, 5.74) is 0.438. The molecule has 2 fully saturated rings. The first-order valence-corrected chi connectivity index (χ1v) is 14.2. The number of thiazole rings is 1. The number of amidine groups is 1. The van der Waals surface area contributed by atoms with Gasteiger partial charge in [0.15, 0.2) is 10.8 Å². The topological polar surface area (TPSA) is 117 Å². The fourth-order valence-electron chi connectivity index (χ4n) is 5.46. The summed E-state index contributed by atoms with van der Waals surface area (Å²) in [7, 11) is 1.31. The summed E-state index contributed by atoms with van der Waals surface area (Å²) in [5, 5.41) is 15.6. The number of nitrogens with zero attached hydrogens (tertiary/aromatic N) is 4. The van der Waals surface area contributed by atoms with E-state index in [1.165, 1.54) is 36.6 Å². The van der Waals surface area contributed by atoms with Gasteiger partial charge in [0.1, 0.15) is 11.9 Å². The van der Waals surface area contributed by atoms with E-state index in [0.29, 0.717) is 61.4 Å². The number of rotatable bonds is 8. The fraction of sp³-hybridized carbons (Fsp3) is 0.481. The van der Waals surface area contributed by atoms with Crippen molar-refractivity contribution in [3.05, 3.63) is 62.5 Å². The highest BCUT2D eigenvalue weighted by Crippen LogP contribution is 2.37. The normalized spacial score (nSPS) is 23.9. The molecule has 214 valence electrons. The molecule has 2 N–H and O–H groups in total. The van der Waals surface area contributed by atoms with Crippen molar-refractivity contribution in [3.63, 3.8) is 0 Å². The van der Waals surface area contributed by atoms with Crippen LogP contribution >= 0.6 is 22.9 Å². The van der Waals surface area contributed by atoms with E-state index >= 15 is 0 Å². The van der Waals surface area contributed by atoms with E-state index in [1.807, 2.05) is 5.38 Å². The molecule has 2 saturated heterocycles. The molecule has 40 heavy (non-hydrogen) atoms. The molecule has 4 heterocycles. The first-order valence-electron chi connectivity index (χ1n) is 12.9. The summed E-state index contributed by atoms with van der Waals surface area (Å²) >= 11 is 7.86. The summed E-state index contributed by atoms with van der Waals surface area (Å²) in [6.45, 7) is 6.54. The Morgan fingerprint density at radius 2 is 2.15 bits per heavy atom. The van der Waals surface area contributed by atoms with Crippen LogP contribution in [-0.4, -0.2) is 96.3 Å². The van der Waals surface area contributed by atoms with Gasteiger partial charge in [0.2, 0.25) is 0 Å². The Labute approximate surface area is 240 Å². The molecule has 0 bridgehead atoms. The number of carbonyl (C=O) groups excluding carboxylic acids is 1. The largest absolute Gasteiger partial charge is 0.481 e. The number of methoxy groups -OCH3 is 1. The average molecular weight is 592 g/mol. The molecule has 1 aromatic heterocycles. The second-order valence-electron chi connectivity index (χ2n) is 10.7. The monoisotopic (exact) mass is 591 g/mol. The minimum Gasteiger partial charge on any atom is -0.481 e. The number of benzene rings is 1. The maximum absolute atomic E-state index is 13.9. The van der Waals surface area contributed by atoms with E-state index in [4.69, 9.17) is 26.1 Å². The van der Waals surface area contributed by atoms with Crippen LogP contribution in [0, 0.1) is 11.2 Å². The molecule has 1 aromatic carbocycles. The number of carboxylic acid groups (broad SMARTS) is 1. The molecule has 0 spiro atoms. The van der Waals surface area contributed by atoms with Gasteiger partial charge in [-0.05, 0) is 26.0 Å². The maximum atomic E-state index is 13.9. The highest BCUT2D eigenvalue weighted by Gasteiger charge is 2.44. The molecule has 0 aliphatic carbocycles. The first-order chi connectivity index (χ1) is 19.1. The SMILES string of the molecule is COC(=O)C1=C(CN2CCO[C@H]3CN(CC(C)(C)C(=O)O)C[C@H]32)NC(c2nccs2)=N[C@H]1c1ccc(F)cc1Cl. The Hall–Kier alpha value is -2.90. The molecule has 0 unspecified atom stereocenters. The van der Waals surface area contributed by atoms with Gasteiger partial charge in [0.25, 0.3) is 0 Å². The van der Waals surface area contributed by atoms with Gasteiger partial charge in [-0.2, -0.15) is 0 Å². The van der Waals surface area contributed by atoms with Crippen molar-refractivity contribution in [3.8, 4) is 0 Å². The van der Waals surface area contributed by atoms with Crippen molar-refractivity contribution < 1.29 is 28.6 Å². The third-order valence-corrected chi connectivity index (χ3v) is 8.58. The number of carbonyl (C=O) groups is 2. The number of carboxylic acids is 1. The molecule has 13 heteroatoms. The van der Waals surface area contributed by atoms with Gasteiger partial charge in [0, 0.05) is 60.6 Å². The number of morpholine rings is 1. The zero-order valence-electron chi connectivity index (χ0n) is 22.4. The number of hydrogen-bond donors (Lipinski definition) is 2. The van der Waals surface area contributed by atoms with Gasteiger partial charge in [-0.3, -0.25) is 19.6 Å². The van der Waals surface area contributed by atoms with Crippen LogP contribution in [-0.2, 0) is 19.1 Å². The second-order valence-corrected chi connectivity index (χ2v) is 12.0. The molecule has 0 radical (unpaired) electrons. The Bertz CT molecular complexity index is 1350. The van der Waals surface area contributed by atoms with Gasteiger partial charge in [0.05, 0.1) is 36.9 Å². The van der Waals surface area contributed by atoms with Crippen LogP contribution in [0.25, 0.3) is 0 Å². The maximum Gasteiger partial charge on any atom is 0.338 e. The zero-order chi connectivity index (χ0) is 28.6. The van der Waals surface area contributed by atoms with E-state index in [0.717, 1.165) is 0 Å². The smallest absolute Gasteiger partial charge is 0.338 e. The Morgan fingerprint density at radius 3 is 2.83 bits per heavy atom. The second kappa shape index (κ2) is 11.5. The Morgan fingerprint density at radius 1 is 1.35 bits per heavy atom. The predicted octanol–water partition coefficient (Wildman–Crippen LogP) is 2.95. The van der Waals surface area contributed by atoms with E-state index in [9.17, 15) is 19.1 Å². The Balaban J connectivity index is 1.49. The number of ether oxygens (including phenoxy) is 2. The van der Waals surface area contributed by atoms with E-state index < -0.39 is 29.2 Å². The quantitative estimate of drug-likeness (QED) is 0.447. The summed E-state index contributed by atoms with van der Waals surface area (Å²) in [6.07, 6.45) is 1.57. The molecule has 3 aliphatic heterocycles. The number of fused-ring (bicyclic) bond motifs is 1. The summed E-state index contributed by atoms with van der Waals surface area (Å²) in [6, 6.07) is 3.16. The highest BCUT2D eigenvalue weighted by atomic mass is 35.5. The number of aromatic nitrogens is 1. The number of nitrogens with one attached hydrogen (secondary N) is 1. The molecular formula is C27H31ClFN5O5S. The molecule has 5 rings (SSSR count). The number of esters is 1. The molecule has 2 aromatic rings. The standard InChI is InChI=1S/C27H31ClFN5O5S/c1-27(2,26(36)37)14-33-12-19-20(13-33)39-8-7-34(19)11-18-21(25(35)38-3)22(16-5-4-15(29)10-17(16)28)32-23(31-18)24-30-6-9-40-24/h4-6,9-10,19-20,22H,7-8,11-14H2,1-3H3,(H,31,32)(H,36,37)/t19-,20+,22+/m1/s1. The van der Waals surface area contributed by atoms with E-state index in [-0.39, 0.29) is 22.7 Å². The number of hydrogen-bond acceptors (Lipinski definition) is 10. The molecule has 10 nitrogen and oxygen atoms in total. The lowest BCUT2D eigenvalue weighted by atomic mass is 9.93. The van der Waals surface area contributed by atoms with E-state index in [1.54, 1.807) is 20.0 Å². The third kappa shape index (κ3) is 5.77. The predicted molar refractivity (Wildman–Crippen MR) is 148 cm³/mol. The van der Waals surface area contributed by atoms with Crippen molar-refractivity contribution in [1.29, 1.82) is 0 Å². The lowest BCUT2D eigenvalue weighted by Crippen LogP contribution is -2.53. The fourth-order valence-corrected chi connectivity index (χ4v) is 6.32. The summed E-state index contributed by atoms with van der Waals surface area (Å²) < 4.78 is 25.2. The first kappa shape index (κ1) is 28.6. The lowest BCUT2D eigenvalue weighted by Gasteiger charge is -2.38. The van der Waals surface area contributed by atoms with Gasteiger partial charge in [-0.25, -0.2) is 14.2 Å². The van der Waals surface area contributed by atoms with Crippen molar-refractivity contribution in [1.82, 2.24) is 20.1 Å². The van der Waals surface area contributed by atoms with E-state index in [2.05, 4.69) is 20.1 Å². The molecule has 0 amide bonds. The number of halogens is 2. The van der Waals surface area contributed by atoms with Crippen LogP contribution in [0.1, 0.15) is 30.5 Å². The highest BCUT2D eigenvalue weighted by molar-refractivity contribution is 7.11. The van der Waals surface area contributed by atoms with Gasteiger partial charge in [-0.15, -0.1) is 11.3 Å². The summed E-state index contributed by atoms with van der Waals surface area (Å²) in [5.74, 6) is -1.44. The molecule has 3 atom stereocenters. The minimum atomic E-state index is -0.898. The minimum absolute atomic E-state index is 0.0124. The summed E-state index contributed by atoms with van der Waals surface area (Å²) in [4.78, 5) is 38.5. The van der Waals surface area contributed by atoms with Gasteiger partial charge >= 0.3 is 11.9 Å². The molecule has 0 saturated carbocycles. The van der Waals surface area contributed by atoms with Crippen LogP contribution < -0.4 is 5.32 Å². The number of likely N-dealkylation sites (tertiary alicyclic amines) is 1. The number of aliphatic carboxylic acids is 1. The van der Waals surface area contributed by atoms with Crippen LogP contribution in [0.15, 0.2) is 46.0 Å².